The Morgan fingerprint density at radius 3 is 2.95 bits per heavy atom. The quantitative estimate of drug-likeness (QED) is 0.826. The van der Waals surface area contributed by atoms with Crippen LogP contribution in [0.5, 0.6) is 0 Å². The summed E-state index contributed by atoms with van der Waals surface area (Å²) in [5.74, 6) is 1.06. The number of nitrogens with one attached hydrogen (secondary N) is 1. The van der Waals surface area contributed by atoms with Gasteiger partial charge in [0.25, 0.3) is 0 Å². The van der Waals surface area contributed by atoms with Crippen LogP contribution in [-0.4, -0.2) is 30.4 Å². The predicted molar refractivity (Wildman–Crippen MR) is 81.5 cm³/mol. The van der Waals surface area contributed by atoms with Crippen molar-refractivity contribution in [1.82, 2.24) is 4.90 Å². The fourth-order valence-corrected chi connectivity index (χ4v) is 2.89. The Kier molecular flexibility index (Phi) is 3.70. The second-order valence-electron chi connectivity index (χ2n) is 5.98. The lowest BCUT2D eigenvalue weighted by atomic mass is 10.1. The van der Waals surface area contributed by atoms with E-state index in [9.17, 15) is 4.79 Å². The molecule has 1 aliphatic carbocycles. The van der Waals surface area contributed by atoms with E-state index in [1.165, 1.54) is 0 Å². The Hall–Kier alpha value is -2.22. The summed E-state index contributed by atoms with van der Waals surface area (Å²) in [6.07, 6.45) is 3.13. The molecule has 1 aromatic rings. The van der Waals surface area contributed by atoms with Crippen molar-refractivity contribution >= 4 is 17.3 Å². The van der Waals surface area contributed by atoms with Gasteiger partial charge in [0, 0.05) is 25.6 Å². The number of nitrogen functional groups attached to an aromatic ring is 1. The number of nitrogens with zero attached hydrogens (tertiary/aromatic N) is 2. The number of hydrogen-bond acceptors (Lipinski definition) is 4. The first-order valence-corrected chi connectivity index (χ1v) is 7.50. The number of nitrogens with two attached hydrogens (primary N) is 1. The van der Waals surface area contributed by atoms with Gasteiger partial charge >= 0.3 is 0 Å². The molecule has 1 aliphatic heterocycles. The lowest BCUT2D eigenvalue weighted by Gasteiger charge is -2.17. The van der Waals surface area contributed by atoms with Crippen LogP contribution in [0.2, 0.25) is 0 Å². The van der Waals surface area contributed by atoms with Crippen molar-refractivity contribution in [3.05, 3.63) is 23.8 Å². The van der Waals surface area contributed by atoms with Crippen molar-refractivity contribution in [2.45, 2.75) is 19.3 Å². The molecule has 1 atom stereocenters. The lowest BCUT2D eigenvalue weighted by molar-refractivity contribution is -0.131. The number of amides is 1. The highest BCUT2D eigenvalue weighted by molar-refractivity contribution is 5.81. The van der Waals surface area contributed by atoms with Gasteiger partial charge in [-0.2, -0.15) is 5.26 Å². The fraction of sp³-hybridized carbons (Fsp3) is 0.500. The molecule has 2 aliphatic rings. The molecule has 0 bridgehead atoms. The Bertz CT molecular complexity index is 588. The monoisotopic (exact) mass is 284 g/mol. The van der Waals surface area contributed by atoms with Gasteiger partial charge in [0.05, 0.1) is 16.9 Å². The number of benzene rings is 1. The maximum absolute atomic E-state index is 12.0. The summed E-state index contributed by atoms with van der Waals surface area (Å²) in [6.45, 7) is 2.42. The van der Waals surface area contributed by atoms with Crippen molar-refractivity contribution in [3.63, 3.8) is 0 Å². The third-order valence-corrected chi connectivity index (χ3v) is 4.31. The molecule has 21 heavy (non-hydrogen) atoms. The van der Waals surface area contributed by atoms with Gasteiger partial charge in [0.1, 0.15) is 6.07 Å². The number of para-hydroxylation sites is 1. The van der Waals surface area contributed by atoms with Crippen LogP contribution >= 0.6 is 0 Å². The third-order valence-electron chi connectivity index (χ3n) is 4.31. The van der Waals surface area contributed by atoms with Crippen LogP contribution in [0.1, 0.15) is 24.8 Å². The summed E-state index contributed by atoms with van der Waals surface area (Å²) < 4.78 is 0. The molecule has 1 saturated heterocycles. The number of likely N-dealkylation sites (tertiary alicyclic amines) is 1. The molecule has 1 saturated carbocycles. The minimum Gasteiger partial charge on any atom is -0.397 e. The normalized spacial score (nSPS) is 21.1. The number of carbonyl (C=O) groups is 1. The van der Waals surface area contributed by atoms with E-state index in [0.717, 1.165) is 38.9 Å². The summed E-state index contributed by atoms with van der Waals surface area (Å²) >= 11 is 0. The van der Waals surface area contributed by atoms with Crippen LogP contribution in [0, 0.1) is 23.2 Å². The van der Waals surface area contributed by atoms with E-state index >= 15 is 0 Å². The van der Waals surface area contributed by atoms with Gasteiger partial charge in [-0.15, -0.1) is 0 Å². The van der Waals surface area contributed by atoms with E-state index in [-0.39, 0.29) is 0 Å². The zero-order valence-electron chi connectivity index (χ0n) is 12.0. The van der Waals surface area contributed by atoms with Gasteiger partial charge in [-0.05, 0) is 37.3 Å². The molecule has 5 nitrogen and oxygen atoms in total. The van der Waals surface area contributed by atoms with E-state index in [1.54, 1.807) is 18.2 Å². The molecule has 0 spiro atoms. The number of carbonyl (C=O) groups excluding carboxylic acids is 1. The minimum atomic E-state index is 0.298. The summed E-state index contributed by atoms with van der Waals surface area (Å²) in [5, 5.41) is 12.4. The topological polar surface area (TPSA) is 82.2 Å². The van der Waals surface area contributed by atoms with Crippen molar-refractivity contribution in [2.75, 3.05) is 30.7 Å². The zero-order valence-corrected chi connectivity index (χ0v) is 12.0. The first kappa shape index (κ1) is 13.7. The summed E-state index contributed by atoms with van der Waals surface area (Å²) in [4.78, 5) is 14.0. The van der Waals surface area contributed by atoms with Crippen LogP contribution in [0.3, 0.4) is 0 Å². The van der Waals surface area contributed by atoms with E-state index in [2.05, 4.69) is 11.4 Å². The van der Waals surface area contributed by atoms with Gasteiger partial charge in [-0.25, -0.2) is 0 Å². The number of nitriles is 1. The molecule has 3 rings (SSSR count). The highest BCUT2D eigenvalue weighted by Gasteiger charge is 2.36. The Morgan fingerprint density at radius 1 is 1.43 bits per heavy atom. The number of rotatable bonds is 4. The van der Waals surface area contributed by atoms with Gasteiger partial charge in [0.2, 0.25) is 5.91 Å². The van der Waals surface area contributed by atoms with Crippen molar-refractivity contribution in [3.8, 4) is 6.07 Å². The van der Waals surface area contributed by atoms with Crippen LogP contribution in [-0.2, 0) is 4.79 Å². The molecule has 2 fully saturated rings. The molecular weight excluding hydrogens is 264 g/mol. The summed E-state index contributed by atoms with van der Waals surface area (Å²) in [7, 11) is 0. The van der Waals surface area contributed by atoms with Gasteiger partial charge < -0.3 is 16.0 Å². The lowest BCUT2D eigenvalue weighted by Crippen LogP contribution is -2.30. The van der Waals surface area contributed by atoms with E-state index in [0.29, 0.717) is 34.7 Å². The SMILES string of the molecule is N#Cc1cccc(N)c1NCC1CCN(C(=O)C2CC2)C1. The van der Waals surface area contributed by atoms with Gasteiger partial charge in [0.15, 0.2) is 0 Å². The zero-order chi connectivity index (χ0) is 14.8. The molecule has 1 heterocycles. The second kappa shape index (κ2) is 5.65. The Labute approximate surface area is 124 Å². The molecule has 0 radical (unpaired) electrons. The summed E-state index contributed by atoms with van der Waals surface area (Å²) in [5.41, 5.74) is 7.81. The average molecular weight is 284 g/mol. The Balaban J connectivity index is 1.57. The van der Waals surface area contributed by atoms with Crippen LogP contribution in [0.4, 0.5) is 11.4 Å². The van der Waals surface area contributed by atoms with Gasteiger partial charge in [-0.3, -0.25) is 4.79 Å². The molecule has 5 heteroatoms. The molecule has 3 N–H and O–H groups in total. The molecule has 1 aromatic carbocycles. The van der Waals surface area contributed by atoms with E-state index < -0.39 is 0 Å². The standard InChI is InChI=1S/C16H20N4O/c17-8-13-2-1-3-14(18)15(13)19-9-11-6-7-20(10-11)16(21)12-4-5-12/h1-3,11-12,19H,4-7,9-10,18H2. The van der Waals surface area contributed by atoms with Crippen molar-refractivity contribution in [1.29, 1.82) is 5.26 Å². The highest BCUT2D eigenvalue weighted by Crippen LogP contribution is 2.33. The molecule has 110 valence electrons. The van der Waals surface area contributed by atoms with Crippen LogP contribution in [0.25, 0.3) is 0 Å². The Morgan fingerprint density at radius 2 is 2.24 bits per heavy atom. The minimum absolute atomic E-state index is 0.298. The first-order chi connectivity index (χ1) is 10.2. The van der Waals surface area contributed by atoms with Crippen molar-refractivity contribution < 1.29 is 4.79 Å². The van der Waals surface area contributed by atoms with Crippen LogP contribution < -0.4 is 11.1 Å². The average Bonchev–Trinajstić information content (AvgIpc) is 3.23. The predicted octanol–water partition coefficient (Wildman–Crippen LogP) is 1.81. The van der Waals surface area contributed by atoms with Crippen molar-refractivity contribution in [2.24, 2.45) is 11.8 Å². The van der Waals surface area contributed by atoms with E-state index in [1.807, 2.05) is 4.90 Å². The largest absolute Gasteiger partial charge is 0.397 e. The van der Waals surface area contributed by atoms with E-state index in [4.69, 9.17) is 11.0 Å². The molecule has 1 unspecified atom stereocenters. The fourth-order valence-electron chi connectivity index (χ4n) is 2.89. The maximum atomic E-state index is 12.0. The second-order valence-corrected chi connectivity index (χ2v) is 5.98. The highest BCUT2D eigenvalue weighted by atomic mass is 16.2. The number of anilines is 2. The number of hydrogen-bond donors (Lipinski definition) is 2. The first-order valence-electron chi connectivity index (χ1n) is 7.50. The third kappa shape index (κ3) is 2.94. The van der Waals surface area contributed by atoms with Crippen LogP contribution in [0.15, 0.2) is 18.2 Å². The summed E-state index contributed by atoms with van der Waals surface area (Å²) in [6, 6.07) is 7.49. The maximum Gasteiger partial charge on any atom is 0.225 e. The van der Waals surface area contributed by atoms with Gasteiger partial charge in [-0.1, -0.05) is 6.07 Å². The smallest absolute Gasteiger partial charge is 0.225 e. The molecule has 1 amide bonds. The molecular formula is C16H20N4O. The molecule has 0 aromatic heterocycles.